The lowest BCUT2D eigenvalue weighted by Crippen LogP contribution is -2.67. The second-order valence-corrected chi connectivity index (χ2v) is 28.5. The monoisotopic (exact) mass is 1220 g/mol. The van der Waals surface area contributed by atoms with Crippen molar-refractivity contribution in [2.45, 2.75) is 273 Å². The lowest BCUT2D eigenvalue weighted by Gasteiger charge is -2.71. The molecular formula is C59H96O26. The summed E-state index contributed by atoms with van der Waals surface area (Å²) in [6, 6.07) is 0. The van der Waals surface area contributed by atoms with Crippen LogP contribution in [0, 0.1) is 50.2 Å². The molecule has 9 fully saturated rings. The smallest absolute Gasteiger partial charge is 0.315 e. The molecule has 0 aromatic carbocycles. The Labute approximate surface area is 494 Å². The van der Waals surface area contributed by atoms with Crippen LogP contribution in [0.2, 0.25) is 0 Å². The molecule has 15 N–H and O–H groups in total. The molecule has 26 nitrogen and oxygen atoms in total. The van der Waals surface area contributed by atoms with Gasteiger partial charge < -0.3 is 124 Å². The van der Waals surface area contributed by atoms with Crippen molar-refractivity contribution in [1.29, 1.82) is 0 Å². The highest BCUT2D eigenvalue weighted by Gasteiger charge is 2.71. The summed E-state index contributed by atoms with van der Waals surface area (Å²) < 4.78 is 59.4. The first-order chi connectivity index (χ1) is 39.8. The zero-order valence-electron chi connectivity index (χ0n) is 49.8. The van der Waals surface area contributed by atoms with Crippen LogP contribution < -0.4 is 0 Å². The summed E-state index contributed by atoms with van der Waals surface area (Å²) in [6.07, 6.45) is -29.6. The molecule has 4 saturated carbocycles. The lowest BCUT2D eigenvalue weighted by atomic mass is 9.33. The third-order valence-electron chi connectivity index (χ3n) is 23.2. The van der Waals surface area contributed by atoms with Gasteiger partial charge >= 0.3 is 5.97 Å². The zero-order chi connectivity index (χ0) is 62.0. The standard InChI is InChI=1S/C59H96O26/c1-24-34(63)38(67)42(71)49(78-24)83-46-29(20-60)80-48(45(74)41(46)70)77-22-30-37(66)40(69)44(73)51(81-30)85-53(75)59-17-15-54(3,4)19-27(59)26-9-10-32-55(5)13-12-33(56(6,23-61)31(55)11-14-58(32,8)57(26,7)16-18-59)82-52-47(36(65)28(62)21-76-52)84-50-43(72)39(68)35(64)25(2)79-50/h9,24-25,27-52,60-74H,10-23H2,1-8H3/t24-,25-,27?,28-,29+,30+,31?,32+,33-,34-,35-,36-,37+,38+,39+,40-,41+,42+,43+,44+,45+,46+,47+,48+,49-,50-,51-,52-,55-,56-,57+,58+,59-/m0/s1. The molecule has 85 heavy (non-hydrogen) atoms. The van der Waals surface area contributed by atoms with E-state index in [0.29, 0.717) is 51.4 Å². The van der Waals surface area contributed by atoms with E-state index in [2.05, 4.69) is 40.7 Å². The number of aliphatic hydroxyl groups is 15. The molecule has 33 atom stereocenters. The largest absolute Gasteiger partial charge is 0.432 e. The number of hydrogen-bond acceptors (Lipinski definition) is 26. The molecule has 0 spiro atoms. The van der Waals surface area contributed by atoms with Gasteiger partial charge in [-0.1, -0.05) is 53.2 Å². The maximum absolute atomic E-state index is 15.2. The fourth-order valence-electron chi connectivity index (χ4n) is 17.5. The van der Waals surface area contributed by atoms with Crippen molar-refractivity contribution in [3.8, 4) is 0 Å². The van der Waals surface area contributed by atoms with E-state index in [9.17, 15) is 76.6 Å². The topological polar surface area (TPSA) is 413 Å². The number of hydrogen-bond donors (Lipinski definition) is 15. The Morgan fingerprint density at radius 3 is 1.76 bits per heavy atom. The molecule has 10 aliphatic rings. The van der Waals surface area contributed by atoms with Crippen molar-refractivity contribution in [3.63, 3.8) is 0 Å². The number of aliphatic hydroxyl groups excluding tert-OH is 15. The summed E-state index contributed by atoms with van der Waals surface area (Å²) in [5.41, 5.74) is -1.93. The minimum Gasteiger partial charge on any atom is -0.432 e. The highest BCUT2D eigenvalue weighted by atomic mass is 16.8. The first kappa shape index (κ1) is 66.2. The third kappa shape index (κ3) is 11.1. The fraction of sp³-hybridized carbons (Fsp3) is 0.949. The molecule has 0 amide bonds. The predicted molar refractivity (Wildman–Crippen MR) is 288 cm³/mol. The lowest BCUT2D eigenvalue weighted by molar-refractivity contribution is -0.365. The van der Waals surface area contributed by atoms with Crippen molar-refractivity contribution >= 4 is 5.97 Å². The van der Waals surface area contributed by atoms with E-state index in [1.807, 2.05) is 6.92 Å². The van der Waals surface area contributed by atoms with Crippen molar-refractivity contribution < 1.29 is 129 Å². The molecular weight excluding hydrogens is 1120 g/mol. The maximum atomic E-state index is 15.2. The second kappa shape index (κ2) is 24.4. The molecule has 5 aliphatic heterocycles. The molecule has 0 aromatic rings. The summed E-state index contributed by atoms with van der Waals surface area (Å²) in [4.78, 5) is 15.2. The van der Waals surface area contributed by atoms with Gasteiger partial charge in [0.25, 0.3) is 0 Å². The highest BCUT2D eigenvalue weighted by molar-refractivity contribution is 5.79. The second-order valence-electron chi connectivity index (χ2n) is 28.5. The van der Waals surface area contributed by atoms with Crippen LogP contribution >= 0.6 is 0 Å². The number of rotatable bonds is 13. The van der Waals surface area contributed by atoms with E-state index in [1.165, 1.54) is 19.4 Å². The summed E-state index contributed by atoms with van der Waals surface area (Å²) in [5.74, 6) is -0.861. The Morgan fingerprint density at radius 1 is 0.565 bits per heavy atom. The molecule has 10 rings (SSSR count). The minimum absolute atomic E-state index is 0.0670. The van der Waals surface area contributed by atoms with E-state index >= 15 is 4.79 Å². The normalized spacial score (nSPS) is 55.3. The van der Waals surface area contributed by atoms with E-state index in [1.54, 1.807) is 0 Å². The van der Waals surface area contributed by atoms with Crippen LogP contribution in [0.3, 0.4) is 0 Å². The predicted octanol–water partition coefficient (Wildman–Crippen LogP) is -2.54. The van der Waals surface area contributed by atoms with E-state index in [-0.39, 0.29) is 47.2 Å². The zero-order valence-corrected chi connectivity index (χ0v) is 49.8. The van der Waals surface area contributed by atoms with E-state index < -0.39 is 189 Å². The van der Waals surface area contributed by atoms with Crippen molar-refractivity contribution in [3.05, 3.63) is 11.6 Å². The van der Waals surface area contributed by atoms with Gasteiger partial charge in [-0.15, -0.1) is 0 Å². The van der Waals surface area contributed by atoms with Crippen molar-refractivity contribution in [2.24, 2.45) is 50.2 Å². The number of fused-ring (bicyclic) bond motifs is 7. The number of ether oxygens (including phenoxy) is 10. The van der Waals surface area contributed by atoms with Crippen LogP contribution in [0.5, 0.6) is 0 Å². The Morgan fingerprint density at radius 2 is 1.14 bits per heavy atom. The van der Waals surface area contributed by atoms with Gasteiger partial charge in [0.2, 0.25) is 6.29 Å². The molecule has 5 aliphatic carbocycles. The van der Waals surface area contributed by atoms with Crippen LogP contribution in [-0.2, 0) is 52.2 Å². The Kier molecular flexibility index (Phi) is 19.0. The SMILES string of the molecule is C[C@@H]1O[C@@H](O[C@H]2[C@H](O[C@H]3CC[C@@]4(C)C(CC[C@]5(C)[C@@H]4CC=C4C6CC(C)(C)CC[C@]6(C(=O)O[C@@H]6O[C@H](CO[C@@H]7O[C@H](CO)[C@@H](O[C@@H]8O[C@@H](C)[C@H](O)[C@@H](O)[C@H]8O)[C@H](O)[C@H]7O)[C@@H](O)[C@H](O)[C@H]6O)CC[C@]45C)[C@]3(C)CO)OC[C@H](O)[C@@H]2O)[C@H](O)[C@H](O)[C@H]1O. The van der Waals surface area contributed by atoms with Crippen LogP contribution in [0.15, 0.2) is 11.6 Å². The van der Waals surface area contributed by atoms with Gasteiger partial charge in [-0.2, -0.15) is 0 Å². The molecule has 488 valence electrons. The van der Waals surface area contributed by atoms with Crippen LogP contribution in [0.1, 0.15) is 120 Å². The van der Waals surface area contributed by atoms with Gasteiger partial charge in [0.15, 0.2) is 25.2 Å². The summed E-state index contributed by atoms with van der Waals surface area (Å²) in [6.45, 7) is 14.3. The van der Waals surface area contributed by atoms with Gasteiger partial charge in [0.05, 0.1) is 50.2 Å². The number of allylic oxidation sites excluding steroid dienone is 2. The molecule has 0 aromatic heterocycles. The number of esters is 1. The van der Waals surface area contributed by atoms with Crippen molar-refractivity contribution in [2.75, 3.05) is 26.4 Å². The minimum atomic E-state index is -1.90. The van der Waals surface area contributed by atoms with Crippen molar-refractivity contribution in [1.82, 2.24) is 0 Å². The third-order valence-corrected chi connectivity index (χ3v) is 23.2. The van der Waals surface area contributed by atoms with Crippen LogP contribution in [0.25, 0.3) is 0 Å². The number of carbonyl (C=O) groups is 1. The quantitative estimate of drug-likeness (QED) is 0.0513. The average Bonchev–Trinajstić information content (AvgIpc) is 0.692. The Hall–Kier alpha value is -1.75. The van der Waals surface area contributed by atoms with Crippen LogP contribution in [0.4, 0.5) is 0 Å². The molecule has 5 heterocycles. The molecule has 5 saturated heterocycles. The van der Waals surface area contributed by atoms with Gasteiger partial charge in [0, 0.05) is 5.41 Å². The van der Waals surface area contributed by atoms with Gasteiger partial charge in [0.1, 0.15) is 104 Å². The molecule has 0 radical (unpaired) electrons. The fourth-order valence-corrected chi connectivity index (χ4v) is 17.5. The number of carbonyl (C=O) groups excluding carboxylic acids is 1. The Bertz CT molecular complexity index is 2370. The van der Waals surface area contributed by atoms with Crippen LogP contribution in [-0.4, -0.2) is 263 Å². The average molecular weight is 1220 g/mol. The van der Waals surface area contributed by atoms with Gasteiger partial charge in [-0.3, -0.25) is 4.79 Å². The van der Waals surface area contributed by atoms with Gasteiger partial charge in [-0.25, -0.2) is 0 Å². The first-order valence-electron chi connectivity index (χ1n) is 30.6. The highest BCUT2D eigenvalue weighted by Crippen LogP contribution is 2.76. The summed E-state index contributed by atoms with van der Waals surface area (Å²) >= 11 is 0. The summed E-state index contributed by atoms with van der Waals surface area (Å²) in [5, 5.41) is 163. The molecule has 0 bridgehead atoms. The van der Waals surface area contributed by atoms with Gasteiger partial charge in [-0.05, 0) is 117 Å². The van der Waals surface area contributed by atoms with E-state index in [0.717, 1.165) is 12.8 Å². The maximum Gasteiger partial charge on any atom is 0.315 e. The van der Waals surface area contributed by atoms with E-state index in [4.69, 9.17) is 47.4 Å². The Balaban J connectivity index is 0.833. The molecule has 2 unspecified atom stereocenters. The molecule has 26 heteroatoms. The first-order valence-corrected chi connectivity index (χ1v) is 30.6. The summed E-state index contributed by atoms with van der Waals surface area (Å²) in [7, 11) is 0.